The Labute approximate surface area is 159 Å². The maximum absolute atomic E-state index is 13.0. The number of rotatable bonds is 7. The number of carbonyl (C=O) groups is 1. The van der Waals surface area contributed by atoms with E-state index in [2.05, 4.69) is 10.0 Å². The van der Waals surface area contributed by atoms with E-state index in [0.29, 0.717) is 5.56 Å². The standard InChI is InChI=1S/C20H23FN2O3S/c1-13-3-4-14(2)19(11-13)27(25,26)23-10-9-22-20(24)18-12-17(18)15-5-7-16(21)8-6-15/h3-8,11,17-18,23H,9-10,12H2,1-2H3,(H,22,24). The van der Waals surface area contributed by atoms with Crippen LogP contribution in [0.1, 0.15) is 29.0 Å². The quantitative estimate of drug-likeness (QED) is 0.714. The van der Waals surface area contributed by atoms with Crippen molar-refractivity contribution < 1.29 is 17.6 Å². The van der Waals surface area contributed by atoms with Gasteiger partial charge < -0.3 is 5.32 Å². The average Bonchev–Trinajstić information content (AvgIpc) is 3.42. The molecule has 2 unspecified atom stereocenters. The Balaban J connectivity index is 1.47. The first-order valence-corrected chi connectivity index (χ1v) is 10.4. The highest BCUT2D eigenvalue weighted by atomic mass is 32.2. The van der Waals surface area contributed by atoms with Crippen molar-refractivity contribution in [2.45, 2.75) is 31.1 Å². The van der Waals surface area contributed by atoms with E-state index in [1.54, 1.807) is 31.2 Å². The molecule has 1 aliphatic rings. The fourth-order valence-corrected chi connectivity index (χ4v) is 4.50. The molecule has 2 N–H and O–H groups in total. The number of benzene rings is 2. The van der Waals surface area contributed by atoms with Crippen LogP contribution in [0.2, 0.25) is 0 Å². The van der Waals surface area contributed by atoms with Gasteiger partial charge in [0.05, 0.1) is 4.90 Å². The Kier molecular flexibility index (Phi) is 5.62. The van der Waals surface area contributed by atoms with Crippen LogP contribution >= 0.6 is 0 Å². The van der Waals surface area contributed by atoms with Crippen molar-refractivity contribution in [1.82, 2.24) is 10.0 Å². The van der Waals surface area contributed by atoms with Gasteiger partial charge in [-0.05, 0) is 61.1 Å². The van der Waals surface area contributed by atoms with Gasteiger partial charge in [-0.1, -0.05) is 24.3 Å². The van der Waals surface area contributed by atoms with Crippen LogP contribution in [0.4, 0.5) is 4.39 Å². The van der Waals surface area contributed by atoms with Crippen LogP contribution in [0.25, 0.3) is 0 Å². The molecule has 1 saturated carbocycles. The summed E-state index contributed by atoms with van der Waals surface area (Å²) < 4.78 is 40.3. The lowest BCUT2D eigenvalue weighted by Gasteiger charge is -2.11. The summed E-state index contributed by atoms with van der Waals surface area (Å²) in [6.07, 6.45) is 0.728. The zero-order chi connectivity index (χ0) is 19.6. The lowest BCUT2D eigenvalue weighted by molar-refractivity contribution is -0.122. The van der Waals surface area contributed by atoms with E-state index in [9.17, 15) is 17.6 Å². The normalized spacial score (nSPS) is 18.9. The molecule has 0 aromatic heterocycles. The van der Waals surface area contributed by atoms with Gasteiger partial charge in [0.2, 0.25) is 15.9 Å². The molecule has 0 spiro atoms. The second kappa shape index (κ2) is 7.78. The topological polar surface area (TPSA) is 75.3 Å². The van der Waals surface area contributed by atoms with E-state index in [0.717, 1.165) is 17.5 Å². The molecule has 0 heterocycles. The second-order valence-electron chi connectivity index (χ2n) is 6.96. The van der Waals surface area contributed by atoms with E-state index >= 15 is 0 Å². The zero-order valence-electron chi connectivity index (χ0n) is 15.3. The molecule has 0 aliphatic heterocycles. The highest BCUT2D eigenvalue weighted by Crippen LogP contribution is 2.47. The fourth-order valence-electron chi connectivity index (χ4n) is 3.14. The van der Waals surface area contributed by atoms with E-state index < -0.39 is 10.0 Å². The van der Waals surface area contributed by atoms with E-state index in [4.69, 9.17) is 0 Å². The Morgan fingerprint density at radius 2 is 1.81 bits per heavy atom. The Morgan fingerprint density at radius 1 is 1.11 bits per heavy atom. The van der Waals surface area contributed by atoms with Gasteiger partial charge in [0.15, 0.2) is 0 Å². The summed E-state index contributed by atoms with van der Waals surface area (Å²) in [6.45, 7) is 3.93. The molecule has 3 rings (SSSR count). The number of carbonyl (C=O) groups excluding carboxylic acids is 1. The van der Waals surface area contributed by atoms with Crippen molar-refractivity contribution in [3.05, 3.63) is 65.0 Å². The summed E-state index contributed by atoms with van der Waals surface area (Å²) in [5.74, 6) is -0.421. The van der Waals surface area contributed by atoms with Crippen LogP contribution in [0.5, 0.6) is 0 Å². The largest absolute Gasteiger partial charge is 0.355 e. The maximum Gasteiger partial charge on any atom is 0.240 e. The van der Waals surface area contributed by atoms with Gasteiger partial charge in [0.25, 0.3) is 0 Å². The maximum atomic E-state index is 13.0. The SMILES string of the molecule is Cc1ccc(C)c(S(=O)(=O)NCCNC(=O)C2CC2c2ccc(F)cc2)c1. The highest BCUT2D eigenvalue weighted by molar-refractivity contribution is 7.89. The molecule has 5 nitrogen and oxygen atoms in total. The molecule has 144 valence electrons. The van der Waals surface area contributed by atoms with Gasteiger partial charge in [-0.3, -0.25) is 4.79 Å². The molecule has 2 atom stereocenters. The molecular weight excluding hydrogens is 367 g/mol. The summed E-state index contributed by atoms with van der Waals surface area (Å²) >= 11 is 0. The summed E-state index contributed by atoms with van der Waals surface area (Å²) in [6, 6.07) is 11.5. The van der Waals surface area contributed by atoms with Gasteiger partial charge in [-0.15, -0.1) is 0 Å². The van der Waals surface area contributed by atoms with Crippen molar-refractivity contribution >= 4 is 15.9 Å². The third-order valence-corrected chi connectivity index (χ3v) is 6.38. The first kappa shape index (κ1) is 19.5. The van der Waals surface area contributed by atoms with E-state index in [-0.39, 0.29) is 41.5 Å². The molecule has 1 fully saturated rings. The number of halogens is 1. The predicted octanol–water partition coefficient (Wildman–Crippen LogP) is 2.64. The number of hydrogen-bond donors (Lipinski definition) is 2. The van der Waals surface area contributed by atoms with E-state index in [1.807, 2.05) is 13.0 Å². The van der Waals surface area contributed by atoms with Crippen molar-refractivity contribution in [2.24, 2.45) is 5.92 Å². The number of aryl methyl sites for hydroxylation is 2. The predicted molar refractivity (Wildman–Crippen MR) is 101 cm³/mol. The Bertz CT molecular complexity index is 942. The third-order valence-electron chi connectivity index (χ3n) is 4.77. The minimum absolute atomic E-state index is 0.102. The minimum atomic E-state index is -3.61. The molecular formula is C20H23FN2O3S. The number of nitrogens with one attached hydrogen (secondary N) is 2. The Hall–Kier alpha value is -2.25. The summed E-state index contributed by atoms with van der Waals surface area (Å²) in [4.78, 5) is 12.4. The summed E-state index contributed by atoms with van der Waals surface area (Å²) in [7, 11) is -3.61. The molecule has 0 radical (unpaired) electrons. The summed E-state index contributed by atoms with van der Waals surface area (Å²) in [5, 5.41) is 2.77. The molecule has 27 heavy (non-hydrogen) atoms. The summed E-state index contributed by atoms with van der Waals surface area (Å²) in [5.41, 5.74) is 2.50. The molecule has 2 aromatic carbocycles. The first-order valence-electron chi connectivity index (χ1n) is 8.88. The van der Waals surface area contributed by atoms with Gasteiger partial charge in [-0.25, -0.2) is 17.5 Å². The van der Waals surface area contributed by atoms with Crippen LogP contribution in [0, 0.1) is 25.6 Å². The zero-order valence-corrected chi connectivity index (χ0v) is 16.1. The highest BCUT2D eigenvalue weighted by Gasteiger charge is 2.43. The minimum Gasteiger partial charge on any atom is -0.355 e. The van der Waals surface area contributed by atoms with E-state index in [1.165, 1.54) is 12.1 Å². The monoisotopic (exact) mass is 390 g/mol. The molecule has 1 aliphatic carbocycles. The van der Waals surface area contributed by atoms with Gasteiger partial charge in [0, 0.05) is 19.0 Å². The lowest BCUT2D eigenvalue weighted by Crippen LogP contribution is -2.35. The second-order valence-corrected chi connectivity index (χ2v) is 8.69. The van der Waals surface area contributed by atoms with Gasteiger partial charge in [-0.2, -0.15) is 0 Å². The molecule has 0 saturated heterocycles. The average molecular weight is 390 g/mol. The van der Waals surface area contributed by atoms with Crippen LogP contribution in [0.3, 0.4) is 0 Å². The number of sulfonamides is 1. The molecule has 1 amide bonds. The van der Waals surface area contributed by atoms with Crippen LogP contribution in [0.15, 0.2) is 47.4 Å². The van der Waals surface area contributed by atoms with Gasteiger partial charge >= 0.3 is 0 Å². The van der Waals surface area contributed by atoms with Crippen molar-refractivity contribution in [3.8, 4) is 0 Å². The number of hydrogen-bond acceptors (Lipinski definition) is 3. The number of amides is 1. The van der Waals surface area contributed by atoms with Crippen LogP contribution in [-0.2, 0) is 14.8 Å². The Morgan fingerprint density at radius 3 is 2.52 bits per heavy atom. The third kappa shape index (κ3) is 4.73. The fraction of sp³-hybridized carbons (Fsp3) is 0.350. The smallest absolute Gasteiger partial charge is 0.240 e. The van der Waals surface area contributed by atoms with Gasteiger partial charge in [0.1, 0.15) is 5.82 Å². The van der Waals surface area contributed by atoms with Crippen molar-refractivity contribution in [1.29, 1.82) is 0 Å². The van der Waals surface area contributed by atoms with Crippen molar-refractivity contribution in [3.63, 3.8) is 0 Å². The van der Waals surface area contributed by atoms with Crippen molar-refractivity contribution in [2.75, 3.05) is 13.1 Å². The lowest BCUT2D eigenvalue weighted by atomic mass is 10.1. The molecule has 2 aromatic rings. The molecule has 7 heteroatoms. The van der Waals surface area contributed by atoms with Crippen LogP contribution in [-0.4, -0.2) is 27.4 Å². The first-order chi connectivity index (χ1) is 12.8. The van der Waals surface area contributed by atoms with Crippen LogP contribution < -0.4 is 10.0 Å². The molecule has 0 bridgehead atoms.